The van der Waals surface area contributed by atoms with E-state index < -0.39 is 0 Å². The quantitative estimate of drug-likeness (QED) is 0.368. The minimum absolute atomic E-state index is 0.0766. The van der Waals surface area contributed by atoms with E-state index in [-0.39, 0.29) is 11.3 Å². The lowest BCUT2D eigenvalue weighted by Crippen LogP contribution is -2.23. The highest BCUT2D eigenvalue weighted by molar-refractivity contribution is 7.98. The minimum Gasteiger partial charge on any atom is -0.348 e. The second kappa shape index (κ2) is 10.6. The van der Waals surface area contributed by atoms with E-state index >= 15 is 0 Å². The Balaban J connectivity index is 1.55. The van der Waals surface area contributed by atoms with Crippen molar-refractivity contribution in [1.82, 2.24) is 24.6 Å². The molecule has 34 heavy (non-hydrogen) atoms. The number of thioether (sulfide) groups is 1. The number of carbonyl (C=O) groups is 1. The van der Waals surface area contributed by atoms with E-state index in [4.69, 9.17) is 0 Å². The molecule has 0 aliphatic heterocycles. The molecule has 1 aliphatic rings. The average molecular weight is 498 g/mol. The summed E-state index contributed by atoms with van der Waals surface area (Å²) in [7, 11) is 3.55. The molecule has 1 saturated carbocycles. The van der Waals surface area contributed by atoms with Gasteiger partial charge in [0.1, 0.15) is 5.01 Å². The van der Waals surface area contributed by atoms with Gasteiger partial charge < -0.3 is 4.90 Å². The van der Waals surface area contributed by atoms with Crippen molar-refractivity contribution in [3.05, 3.63) is 45.9 Å². The molecule has 182 valence electrons. The Hall–Kier alpha value is -2.19. The van der Waals surface area contributed by atoms with Crippen molar-refractivity contribution in [2.45, 2.75) is 81.7 Å². The number of amides is 1. The maximum absolute atomic E-state index is 12.0. The fraction of sp³-hybridized carbons (Fsp3) is 0.538. The summed E-state index contributed by atoms with van der Waals surface area (Å²) in [6.45, 7) is 6.71. The molecule has 1 aliphatic carbocycles. The van der Waals surface area contributed by atoms with Crippen molar-refractivity contribution in [1.29, 1.82) is 0 Å². The van der Waals surface area contributed by atoms with E-state index in [9.17, 15) is 4.79 Å². The van der Waals surface area contributed by atoms with Crippen molar-refractivity contribution < 1.29 is 4.79 Å². The summed E-state index contributed by atoms with van der Waals surface area (Å²) in [6.07, 6.45) is 6.52. The Bertz CT molecular complexity index is 1110. The lowest BCUT2D eigenvalue weighted by molar-refractivity contribution is -0.127. The average Bonchev–Trinajstić information content (AvgIpc) is 3.44. The van der Waals surface area contributed by atoms with Gasteiger partial charge in [-0.05, 0) is 23.8 Å². The standard InChI is InChI=1S/C26H35N5OS2/c1-26(2,3)19-13-11-18(12-14-19)24-28-29-25(31(24)21-9-7-6-8-10-21)34-17-20-16-33-22(27-20)15-23(32)30(4)5/h11-14,16,21H,6-10,15,17H2,1-5H3. The van der Waals surface area contributed by atoms with Gasteiger partial charge in [-0.1, -0.05) is 76.1 Å². The molecule has 0 saturated heterocycles. The van der Waals surface area contributed by atoms with Gasteiger partial charge in [-0.2, -0.15) is 0 Å². The normalized spacial score (nSPS) is 15.0. The zero-order valence-electron chi connectivity index (χ0n) is 20.9. The first-order chi connectivity index (χ1) is 16.2. The van der Waals surface area contributed by atoms with Gasteiger partial charge >= 0.3 is 0 Å². The van der Waals surface area contributed by atoms with Crippen LogP contribution in [0, 0.1) is 0 Å². The van der Waals surface area contributed by atoms with Gasteiger partial charge in [0.15, 0.2) is 11.0 Å². The summed E-state index contributed by atoms with van der Waals surface area (Å²) in [5.41, 5.74) is 3.56. The highest BCUT2D eigenvalue weighted by Gasteiger charge is 2.24. The third-order valence-electron chi connectivity index (χ3n) is 6.36. The molecule has 1 fully saturated rings. The fourth-order valence-corrected chi connectivity index (χ4v) is 6.07. The molecule has 3 aromatic rings. The van der Waals surface area contributed by atoms with Crippen LogP contribution >= 0.6 is 23.1 Å². The Kier molecular flexibility index (Phi) is 7.77. The molecule has 1 aromatic carbocycles. The maximum atomic E-state index is 12.0. The number of benzene rings is 1. The minimum atomic E-state index is 0.0766. The van der Waals surface area contributed by atoms with Crippen molar-refractivity contribution in [3.63, 3.8) is 0 Å². The first kappa shape index (κ1) is 24.9. The number of likely N-dealkylation sites (N-methyl/N-ethyl adjacent to an activating group) is 1. The number of rotatable bonds is 7. The van der Waals surface area contributed by atoms with Crippen LogP contribution in [0.25, 0.3) is 11.4 Å². The summed E-state index contributed by atoms with van der Waals surface area (Å²) < 4.78 is 2.37. The summed E-state index contributed by atoms with van der Waals surface area (Å²) in [5.74, 6) is 1.76. The van der Waals surface area contributed by atoms with Crippen LogP contribution in [0.4, 0.5) is 0 Å². The lowest BCUT2D eigenvalue weighted by Gasteiger charge is -2.26. The molecule has 6 nitrogen and oxygen atoms in total. The Morgan fingerprint density at radius 3 is 2.47 bits per heavy atom. The molecule has 0 unspecified atom stereocenters. The van der Waals surface area contributed by atoms with Crippen LogP contribution in [-0.4, -0.2) is 44.7 Å². The Labute approximate surface area is 211 Å². The molecule has 0 radical (unpaired) electrons. The van der Waals surface area contributed by atoms with Gasteiger partial charge in [0.2, 0.25) is 5.91 Å². The monoisotopic (exact) mass is 497 g/mol. The summed E-state index contributed by atoms with van der Waals surface area (Å²) in [5, 5.41) is 13.2. The third kappa shape index (κ3) is 5.89. The predicted octanol–water partition coefficient (Wildman–Crippen LogP) is 6.13. The molecule has 8 heteroatoms. The SMILES string of the molecule is CN(C)C(=O)Cc1nc(CSc2nnc(-c3ccc(C(C)(C)C)cc3)n2C2CCCCC2)cs1. The van der Waals surface area contributed by atoms with Crippen LogP contribution in [0.1, 0.15) is 75.2 Å². The number of hydrogen-bond donors (Lipinski definition) is 0. The second-order valence-electron chi connectivity index (χ2n) is 10.3. The van der Waals surface area contributed by atoms with Gasteiger partial charge in [0.05, 0.1) is 12.1 Å². The van der Waals surface area contributed by atoms with Gasteiger partial charge in [0, 0.05) is 36.8 Å². The van der Waals surface area contributed by atoms with Gasteiger partial charge in [0.25, 0.3) is 0 Å². The molecular weight excluding hydrogens is 462 g/mol. The van der Waals surface area contributed by atoms with E-state index in [2.05, 4.69) is 70.2 Å². The number of aromatic nitrogens is 4. The Morgan fingerprint density at radius 2 is 1.82 bits per heavy atom. The highest BCUT2D eigenvalue weighted by Crippen LogP contribution is 2.37. The molecule has 2 heterocycles. The first-order valence-corrected chi connectivity index (χ1v) is 13.9. The smallest absolute Gasteiger partial charge is 0.228 e. The van der Waals surface area contributed by atoms with Crippen LogP contribution < -0.4 is 0 Å². The third-order valence-corrected chi connectivity index (χ3v) is 8.24. The van der Waals surface area contributed by atoms with Crippen LogP contribution in [0.15, 0.2) is 34.8 Å². The zero-order chi connectivity index (χ0) is 24.3. The first-order valence-electron chi connectivity index (χ1n) is 12.0. The number of carbonyl (C=O) groups excluding carboxylic acids is 1. The summed E-state index contributed by atoms with van der Waals surface area (Å²) >= 11 is 3.25. The van der Waals surface area contributed by atoms with Crippen LogP contribution in [0.3, 0.4) is 0 Å². The largest absolute Gasteiger partial charge is 0.348 e. The van der Waals surface area contributed by atoms with Crippen molar-refractivity contribution >= 4 is 29.0 Å². The molecule has 0 bridgehead atoms. The number of thiazole rings is 1. The van der Waals surface area contributed by atoms with Gasteiger partial charge in [-0.3, -0.25) is 9.36 Å². The molecule has 0 spiro atoms. The Morgan fingerprint density at radius 1 is 1.12 bits per heavy atom. The van der Waals surface area contributed by atoms with Crippen molar-refractivity contribution in [2.24, 2.45) is 0 Å². The van der Waals surface area contributed by atoms with E-state index in [0.29, 0.717) is 12.5 Å². The fourth-order valence-electron chi connectivity index (χ4n) is 4.28. The molecule has 4 rings (SSSR count). The summed E-state index contributed by atoms with van der Waals surface area (Å²) in [6, 6.07) is 9.24. The number of nitrogens with zero attached hydrogens (tertiary/aromatic N) is 5. The van der Waals surface area contributed by atoms with E-state index in [1.165, 1.54) is 37.7 Å². The van der Waals surface area contributed by atoms with Crippen LogP contribution in [0.2, 0.25) is 0 Å². The van der Waals surface area contributed by atoms with Crippen LogP contribution in [-0.2, 0) is 22.4 Å². The van der Waals surface area contributed by atoms with Crippen molar-refractivity contribution in [3.8, 4) is 11.4 Å². The van der Waals surface area contributed by atoms with E-state index in [1.807, 2.05) is 0 Å². The maximum Gasteiger partial charge on any atom is 0.228 e. The summed E-state index contributed by atoms with van der Waals surface area (Å²) in [4.78, 5) is 18.3. The zero-order valence-corrected chi connectivity index (χ0v) is 22.5. The molecule has 0 N–H and O–H groups in total. The number of hydrogen-bond acceptors (Lipinski definition) is 6. The molecule has 1 amide bonds. The van der Waals surface area contributed by atoms with E-state index in [1.54, 1.807) is 42.1 Å². The molecule has 0 atom stereocenters. The predicted molar refractivity (Wildman–Crippen MR) is 140 cm³/mol. The highest BCUT2D eigenvalue weighted by atomic mass is 32.2. The van der Waals surface area contributed by atoms with Crippen molar-refractivity contribution in [2.75, 3.05) is 14.1 Å². The topological polar surface area (TPSA) is 63.9 Å². The van der Waals surface area contributed by atoms with Crippen LogP contribution in [0.5, 0.6) is 0 Å². The lowest BCUT2D eigenvalue weighted by atomic mass is 9.86. The molecular formula is C26H35N5OS2. The second-order valence-corrected chi connectivity index (χ2v) is 12.2. The van der Waals surface area contributed by atoms with E-state index in [0.717, 1.165) is 33.0 Å². The molecule has 2 aromatic heterocycles. The van der Waals surface area contributed by atoms with Gasteiger partial charge in [-0.15, -0.1) is 21.5 Å². The van der Waals surface area contributed by atoms with Gasteiger partial charge in [-0.25, -0.2) is 4.98 Å².